The second kappa shape index (κ2) is 7.64. The number of piperidine rings is 1. The van der Waals surface area contributed by atoms with Crippen molar-refractivity contribution in [3.63, 3.8) is 0 Å². The number of nitrogens with zero attached hydrogens (tertiary/aromatic N) is 6. The SMILES string of the molecule is Cn1c(CN2CCCC2)nnc1[C@@H]1CCCN(C(=O)c2ccc(N)nc2)C1. The Labute approximate surface area is 159 Å². The number of likely N-dealkylation sites (tertiary alicyclic amines) is 2. The Kier molecular flexibility index (Phi) is 5.07. The van der Waals surface area contributed by atoms with Crippen molar-refractivity contribution in [3.05, 3.63) is 35.5 Å². The highest BCUT2D eigenvalue weighted by molar-refractivity contribution is 5.94. The number of pyridine rings is 1. The van der Waals surface area contributed by atoms with Crippen LogP contribution in [-0.2, 0) is 13.6 Å². The van der Waals surface area contributed by atoms with E-state index in [1.807, 2.05) is 11.9 Å². The molecule has 1 atom stereocenters. The van der Waals surface area contributed by atoms with Crippen LogP contribution in [0.4, 0.5) is 5.82 Å². The first-order valence-corrected chi connectivity index (χ1v) is 9.73. The first-order valence-electron chi connectivity index (χ1n) is 9.73. The van der Waals surface area contributed by atoms with E-state index >= 15 is 0 Å². The highest BCUT2D eigenvalue weighted by atomic mass is 16.2. The number of anilines is 1. The van der Waals surface area contributed by atoms with E-state index < -0.39 is 0 Å². The first-order chi connectivity index (χ1) is 13.1. The Bertz CT molecular complexity index is 795. The molecule has 0 bridgehead atoms. The molecule has 0 aromatic carbocycles. The number of carbonyl (C=O) groups excluding carboxylic acids is 1. The first kappa shape index (κ1) is 17.9. The van der Waals surface area contributed by atoms with Gasteiger partial charge in [-0.05, 0) is 50.9 Å². The van der Waals surface area contributed by atoms with Crippen LogP contribution in [0.5, 0.6) is 0 Å². The van der Waals surface area contributed by atoms with Gasteiger partial charge >= 0.3 is 0 Å². The van der Waals surface area contributed by atoms with Gasteiger partial charge in [-0.15, -0.1) is 10.2 Å². The maximum absolute atomic E-state index is 12.8. The number of rotatable bonds is 4. The fourth-order valence-corrected chi connectivity index (χ4v) is 4.10. The van der Waals surface area contributed by atoms with Crippen molar-refractivity contribution in [1.29, 1.82) is 0 Å². The largest absolute Gasteiger partial charge is 0.384 e. The van der Waals surface area contributed by atoms with Crippen LogP contribution in [0.3, 0.4) is 0 Å². The highest BCUT2D eigenvalue weighted by Crippen LogP contribution is 2.27. The fraction of sp³-hybridized carbons (Fsp3) is 0.579. The van der Waals surface area contributed by atoms with Crippen molar-refractivity contribution in [2.24, 2.45) is 7.05 Å². The molecule has 0 spiro atoms. The van der Waals surface area contributed by atoms with Crippen molar-refractivity contribution in [3.8, 4) is 0 Å². The molecule has 0 unspecified atom stereocenters. The van der Waals surface area contributed by atoms with Crippen LogP contribution in [0.2, 0.25) is 0 Å². The summed E-state index contributed by atoms with van der Waals surface area (Å²) >= 11 is 0. The molecular weight excluding hydrogens is 342 g/mol. The van der Waals surface area contributed by atoms with E-state index in [2.05, 4.69) is 24.6 Å². The zero-order valence-corrected chi connectivity index (χ0v) is 15.8. The summed E-state index contributed by atoms with van der Waals surface area (Å²) in [6.45, 7) is 4.57. The summed E-state index contributed by atoms with van der Waals surface area (Å²) in [7, 11) is 2.05. The van der Waals surface area contributed by atoms with Crippen LogP contribution < -0.4 is 5.73 Å². The number of carbonyl (C=O) groups is 1. The van der Waals surface area contributed by atoms with Crippen LogP contribution in [0.25, 0.3) is 0 Å². The third kappa shape index (κ3) is 3.80. The molecule has 4 heterocycles. The van der Waals surface area contributed by atoms with Gasteiger partial charge in [0.2, 0.25) is 0 Å². The van der Waals surface area contributed by atoms with E-state index in [1.54, 1.807) is 18.3 Å². The molecule has 2 aliphatic rings. The minimum atomic E-state index is 0.00617. The van der Waals surface area contributed by atoms with Gasteiger partial charge in [-0.1, -0.05) is 0 Å². The Morgan fingerprint density at radius 3 is 2.74 bits per heavy atom. The summed E-state index contributed by atoms with van der Waals surface area (Å²) in [4.78, 5) is 21.2. The van der Waals surface area contributed by atoms with Crippen LogP contribution in [0, 0.1) is 0 Å². The molecule has 0 saturated carbocycles. The Balaban J connectivity index is 1.45. The lowest BCUT2D eigenvalue weighted by molar-refractivity contribution is 0.0703. The van der Waals surface area contributed by atoms with Gasteiger partial charge in [0.25, 0.3) is 5.91 Å². The van der Waals surface area contributed by atoms with E-state index in [0.717, 1.165) is 50.7 Å². The van der Waals surface area contributed by atoms with Gasteiger partial charge in [-0.2, -0.15) is 0 Å². The summed E-state index contributed by atoms with van der Waals surface area (Å²) in [5.74, 6) is 2.64. The number of amides is 1. The van der Waals surface area contributed by atoms with Gasteiger partial charge < -0.3 is 15.2 Å². The third-order valence-electron chi connectivity index (χ3n) is 5.67. The maximum atomic E-state index is 12.8. The van der Waals surface area contributed by atoms with Gasteiger partial charge in [-0.25, -0.2) is 4.98 Å². The summed E-state index contributed by atoms with van der Waals surface area (Å²) in [5, 5.41) is 8.92. The molecule has 0 radical (unpaired) electrons. The maximum Gasteiger partial charge on any atom is 0.255 e. The molecular formula is C19H27N7O. The van der Waals surface area contributed by atoms with E-state index in [1.165, 1.54) is 12.8 Å². The molecule has 2 aromatic rings. The number of hydrogen-bond donors (Lipinski definition) is 1. The monoisotopic (exact) mass is 369 g/mol. The zero-order valence-electron chi connectivity index (χ0n) is 15.8. The van der Waals surface area contributed by atoms with Crippen molar-refractivity contribution < 1.29 is 4.79 Å². The molecule has 2 N–H and O–H groups in total. The average Bonchev–Trinajstić information content (AvgIpc) is 3.33. The van der Waals surface area contributed by atoms with Gasteiger partial charge in [-0.3, -0.25) is 9.69 Å². The van der Waals surface area contributed by atoms with Crippen molar-refractivity contribution >= 4 is 11.7 Å². The molecule has 0 aliphatic carbocycles. The Morgan fingerprint density at radius 2 is 2.00 bits per heavy atom. The number of hydrogen-bond acceptors (Lipinski definition) is 6. The van der Waals surface area contributed by atoms with Gasteiger partial charge in [0.1, 0.15) is 17.5 Å². The predicted octanol–water partition coefficient (Wildman–Crippen LogP) is 1.41. The lowest BCUT2D eigenvalue weighted by Crippen LogP contribution is -2.39. The molecule has 4 rings (SSSR count). The molecule has 2 saturated heterocycles. The number of nitrogens with two attached hydrogens (primary N) is 1. The van der Waals surface area contributed by atoms with Crippen LogP contribution in [0.1, 0.15) is 53.6 Å². The van der Waals surface area contributed by atoms with E-state index in [-0.39, 0.29) is 11.8 Å². The summed E-state index contributed by atoms with van der Waals surface area (Å²) in [6.07, 6.45) is 6.08. The minimum absolute atomic E-state index is 0.00617. The molecule has 27 heavy (non-hydrogen) atoms. The van der Waals surface area contributed by atoms with Gasteiger partial charge in [0.05, 0.1) is 12.1 Å². The number of nitrogen functional groups attached to an aromatic ring is 1. The highest BCUT2D eigenvalue weighted by Gasteiger charge is 2.29. The van der Waals surface area contributed by atoms with E-state index in [9.17, 15) is 4.79 Å². The summed E-state index contributed by atoms with van der Waals surface area (Å²) < 4.78 is 2.13. The molecule has 8 nitrogen and oxygen atoms in total. The minimum Gasteiger partial charge on any atom is -0.384 e. The lowest BCUT2D eigenvalue weighted by Gasteiger charge is -2.32. The average molecular weight is 369 g/mol. The van der Waals surface area contributed by atoms with Crippen molar-refractivity contribution in [2.75, 3.05) is 31.9 Å². The lowest BCUT2D eigenvalue weighted by atomic mass is 9.96. The fourth-order valence-electron chi connectivity index (χ4n) is 4.10. The predicted molar refractivity (Wildman–Crippen MR) is 102 cm³/mol. The van der Waals surface area contributed by atoms with Crippen LogP contribution in [0.15, 0.2) is 18.3 Å². The number of aromatic nitrogens is 4. The smallest absolute Gasteiger partial charge is 0.255 e. The topological polar surface area (TPSA) is 93.2 Å². The standard InChI is InChI=1S/C19H27N7O/c1-24-17(13-25-8-2-3-9-25)22-23-18(24)15-5-4-10-26(12-15)19(27)14-6-7-16(20)21-11-14/h6-7,11,15H,2-5,8-10,12-13H2,1H3,(H2,20,21)/t15-/m1/s1. The molecule has 2 aromatic heterocycles. The van der Waals surface area contributed by atoms with Gasteiger partial charge in [0.15, 0.2) is 0 Å². The van der Waals surface area contributed by atoms with E-state index in [0.29, 0.717) is 17.9 Å². The zero-order chi connectivity index (χ0) is 18.8. The van der Waals surface area contributed by atoms with Crippen LogP contribution >= 0.6 is 0 Å². The Hall–Kier alpha value is -2.48. The second-order valence-electron chi connectivity index (χ2n) is 7.58. The molecule has 2 fully saturated rings. The van der Waals surface area contributed by atoms with Gasteiger partial charge in [0, 0.05) is 32.3 Å². The summed E-state index contributed by atoms with van der Waals surface area (Å²) in [5.41, 5.74) is 6.20. The Morgan fingerprint density at radius 1 is 1.19 bits per heavy atom. The molecule has 1 amide bonds. The quantitative estimate of drug-likeness (QED) is 0.876. The molecule has 144 valence electrons. The summed E-state index contributed by atoms with van der Waals surface area (Å²) in [6, 6.07) is 3.41. The molecule has 8 heteroatoms. The normalized spacial score (nSPS) is 20.9. The third-order valence-corrected chi connectivity index (χ3v) is 5.67. The van der Waals surface area contributed by atoms with Crippen LogP contribution in [-0.4, -0.2) is 61.6 Å². The van der Waals surface area contributed by atoms with Crippen molar-refractivity contribution in [2.45, 2.75) is 38.1 Å². The second-order valence-corrected chi connectivity index (χ2v) is 7.58. The van der Waals surface area contributed by atoms with E-state index in [4.69, 9.17) is 5.73 Å². The molecule has 2 aliphatic heterocycles. The van der Waals surface area contributed by atoms with Crippen molar-refractivity contribution in [1.82, 2.24) is 29.5 Å².